The van der Waals surface area contributed by atoms with Gasteiger partial charge >= 0.3 is 11.9 Å². The van der Waals surface area contributed by atoms with Crippen LogP contribution in [-0.2, 0) is 0 Å². The standard InChI is InChI=1S/C17H16O6/c1-9-7-15(22-3)10(2)6-13(9)17(21)23-11-4-5-12(16(19)20)14(18)8-11/h4-8,18H,1-3H3,(H,19,20). The van der Waals surface area contributed by atoms with Crippen molar-refractivity contribution in [3.8, 4) is 17.2 Å². The Morgan fingerprint density at radius 3 is 2.26 bits per heavy atom. The second-order valence-corrected chi connectivity index (χ2v) is 5.01. The van der Waals surface area contributed by atoms with Gasteiger partial charge in [-0.25, -0.2) is 9.59 Å². The second-order valence-electron chi connectivity index (χ2n) is 5.01. The monoisotopic (exact) mass is 316 g/mol. The van der Waals surface area contributed by atoms with E-state index in [1.165, 1.54) is 12.1 Å². The van der Waals surface area contributed by atoms with Gasteiger partial charge in [0.05, 0.1) is 12.7 Å². The van der Waals surface area contributed by atoms with Crippen LogP contribution in [0.3, 0.4) is 0 Å². The van der Waals surface area contributed by atoms with E-state index in [0.717, 1.165) is 11.6 Å². The zero-order chi connectivity index (χ0) is 17.1. The van der Waals surface area contributed by atoms with Gasteiger partial charge in [-0.2, -0.15) is 0 Å². The number of hydrogen-bond acceptors (Lipinski definition) is 5. The number of ether oxygens (including phenoxy) is 2. The predicted molar refractivity (Wildman–Crippen MR) is 82.5 cm³/mol. The van der Waals surface area contributed by atoms with Crippen LogP contribution in [0.4, 0.5) is 0 Å². The Morgan fingerprint density at radius 2 is 1.70 bits per heavy atom. The van der Waals surface area contributed by atoms with Gasteiger partial charge in [0.2, 0.25) is 0 Å². The number of phenols is 1. The molecule has 0 radical (unpaired) electrons. The van der Waals surface area contributed by atoms with E-state index in [1.54, 1.807) is 26.2 Å². The van der Waals surface area contributed by atoms with E-state index in [1.807, 2.05) is 6.92 Å². The summed E-state index contributed by atoms with van der Waals surface area (Å²) in [6.45, 7) is 3.56. The topological polar surface area (TPSA) is 93.1 Å². The Bertz CT molecular complexity index is 779. The van der Waals surface area contributed by atoms with Crippen molar-refractivity contribution in [3.63, 3.8) is 0 Å². The van der Waals surface area contributed by atoms with Gasteiger partial charge in [0.15, 0.2) is 0 Å². The molecule has 0 saturated heterocycles. The Kier molecular flexibility index (Phi) is 4.55. The maximum Gasteiger partial charge on any atom is 0.343 e. The molecule has 0 heterocycles. The molecular weight excluding hydrogens is 300 g/mol. The molecule has 120 valence electrons. The van der Waals surface area contributed by atoms with Crippen molar-refractivity contribution in [2.24, 2.45) is 0 Å². The van der Waals surface area contributed by atoms with Gasteiger partial charge in [-0.05, 0) is 49.2 Å². The molecule has 0 amide bonds. The summed E-state index contributed by atoms with van der Waals surface area (Å²) in [6.07, 6.45) is 0. The molecule has 0 bridgehead atoms. The van der Waals surface area contributed by atoms with Crippen LogP contribution >= 0.6 is 0 Å². The van der Waals surface area contributed by atoms with E-state index in [2.05, 4.69) is 0 Å². The van der Waals surface area contributed by atoms with Crippen LogP contribution in [0.1, 0.15) is 31.8 Å². The van der Waals surface area contributed by atoms with Crippen LogP contribution in [0.15, 0.2) is 30.3 Å². The van der Waals surface area contributed by atoms with Crippen molar-refractivity contribution in [1.82, 2.24) is 0 Å². The Balaban J connectivity index is 2.27. The van der Waals surface area contributed by atoms with Crippen LogP contribution in [-0.4, -0.2) is 29.3 Å². The van der Waals surface area contributed by atoms with Gasteiger partial charge in [-0.1, -0.05) is 0 Å². The molecule has 0 aliphatic rings. The predicted octanol–water partition coefficient (Wildman–Crippen LogP) is 2.94. The fourth-order valence-corrected chi connectivity index (χ4v) is 2.15. The number of carbonyl (C=O) groups is 2. The summed E-state index contributed by atoms with van der Waals surface area (Å²) < 4.78 is 10.4. The number of carboxylic acids is 1. The molecule has 2 aromatic rings. The van der Waals surface area contributed by atoms with Gasteiger partial charge in [0, 0.05) is 6.07 Å². The smallest absolute Gasteiger partial charge is 0.343 e. The fraction of sp³-hybridized carbons (Fsp3) is 0.176. The SMILES string of the molecule is COc1cc(C)c(C(=O)Oc2ccc(C(=O)O)c(O)c2)cc1C. The fourth-order valence-electron chi connectivity index (χ4n) is 2.15. The maximum atomic E-state index is 12.3. The average Bonchev–Trinajstić information content (AvgIpc) is 2.48. The number of aromatic hydroxyl groups is 1. The average molecular weight is 316 g/mol. The minimum atomic E-state index is -1.26. The first kappa shape index (κ1) is 16.4. The van der Waals surface area contributed by atoms with Crippen LogP contribution in [0.2, 0.25) is 0 Å². The molecule has 0 aliphatic heterocycles. The number of carbonyl (C=O) groups excluding carboxylic acids is 1. The number of esters is 1. The molecule has 0 aliphatic carbocycles. The molecule has 0 aromatic heterocycles. The third-order valence-corrected chi connectivity index (χ3v) is 3.37. The minimum absolute atomic E-state index is 0.0605. The first-order valence-electron chi connectivity index (χ1n) is 6.77. The van der Waals surface area contributed by atoms with Crippen LogP contribution in [0, 0.1) is 13.8 Å². The molecule has 2 rings (SSSR count). The Labute approximate surface area is 132 Å². The van der Waals surface area contributed by atoms with E-state index < -0.39 is 17.7 Å². The van der Waals surface area contributed by atoms with Crippen molar-refractivity contribution >= 4 is 11.9 Å². The lowest BCUT2D eigenvalue weighted by Crippen LogP contribution is -2.11. The van der Waals surface area contributed by atoms with Crippen molar-refractivity contribution in [2.75, 3.05) is 7.11 Å². The Hall–Kier alpha value is -3.02. The number of methoxy groups -OCH3 is 1. The van der Waals surface area contributed by atoms with Gasteiger partial charge < -0.3 is 19.7 Å². The van der Waals surface area contributed by atoms with Gasteiger partial charge in [-0.3, -0.25) is 0 Å². The van der Waals surface area contributed by atoms with Crippen molar-refractivity contribution in [2.45, 2.75) is 13.8 Å². The third-order valence-electron chi connectivity index (χ3n) is 3.37. The second kappa shape index (κ2) is 6.39. The number of hydrogen-bond donors (Lipinski definition) is 2. The van der Waals surface area contributed by atoms with Gasteiger partial charge in [0.25, 0.3) is 0 Å². The first-order chi connectivity index (χ1) is 10.8. The van der Waals surface area contributed by atoms with E-state index >= 15 is 0 Å². The number of aryl methyl sites for hydroxylation is 2. The van der Waals surface area contributed by atoms with E-state index in [4.69, 9.17) is 14.6 Å². The first-order valence-corrected chi connectivity index (χ1v) is 6.77. The van der Waals surface area contributed by atoms with Crippen LogP contribution in [0.5, 0.6) is 17.2 Å². The summed E-state index contributed by atoms with van der Waals surface area (Å²) in [7, 11) is 1.55. The number of carboxylic acid groups (broad SMARTS) is 1. The summed E-state index contributed by atoms with van der Waals surface area (Å²) in [5.74, 6) is -1.60. The molecule has 0 saturated carbocycles. The highest BCUT2D eigenvalue weighted by atomic mass is 16.5. The van der Waals surface area contributed by atoms with Crippen molar-refractivity contribution in [3.05, 3.63) is 52.6 Å². The van der Waals surface area contributed by atoms with Gasteiger partial charge in [-0.15, -0.1) is 0 Å². The summed E-state index contributed by atoms with van der Waals surface area (Å²) in [4.78, 5) is 23.1. The summed E-state index contributed by atoms with van der Waals surface area (Å²) >= 11 is 0. The van der Waals surface area contributed by atoms with E-state index in [-0.39, 0.29) is 11.3 Å². The molecule has 23 heavy (non-hydrogen) atoms. The third kappa shape index (κ3) is 3.42. The zero-order valence-corrected chi connectivity index (χ0v) is 12.9. The van der Waals surface area contributed by atoms with Crippen molar-refractivity contribution in [1.29, 1.82) is 0 Å². The highest BCUT2D eigenvalue weighted by molar-refractivity contribution is 5.94. The molecule has 2 aromatic carbocycles. The molecule has 0 spiro atoms. The molecular formula is C17H16O6. The maximum absolute atomic E-state index is 12.3. The van der Waals surface area contributed by atoms with Crippen LogP contribution < -0.4 is 9.47 Å². The largest absolute Gasteiger partial charge is 0.507 e. The number of rotatable bonds is 4. The molecule has 0 atom stereocenters. The quantitative estimate of drug-likeness (QED) is 0.665. The molecule has 6 nitrogen and oxygen atoms in total. The normalized spacial score (nSPS) is 10.2. The number of benzene rings is 2. The summed E-state index contributed by atoms with van der Waals surface area (Å²) in [5, 5.41) is 18.5. The highest BCUT2D eigenvalue weighted by Gasteiger charge is 2.16. The molecule has 6 heteroatoms. The zero-order valence-electron chi connectivity index (χ0n) is 12.9. The van der Waals surface area contributed by atoms with Crippen LogP contribution in [0.25, 0.3) is 0 Å². The van der Waals surface area contributed by atoms with Gasteiger partial charge in [0.1, 0.15) is 22.8 Å². The van der Waals surface area contributed by atoms with E-state index in [0.29, 0.717) is 16.9 Å². The van der Waals surface area contributed by atoms with Crippen molar-refractivity contribution < 1.29 is 29.3 Å². The summed E-state index contributed by atoms with van der Waals surface area (Å²) in [5.41, 5.74) is 1.57. The summed E-state index contributed by atoms with van der Waals surface area (Å²) in [6, 6.07) is 6.96. The minimum Gasteiger partial charge on any atom is -0.507 e. The molecule has 0 fully saturated rings. The molecule has 2 N–H and O–H groups in total. The Morgan fingerprint density at radius 1 is 1.00 bits per heavy atom. The highest BCUT2D eigenvalue weighted by Crippen LogP contribution is 2.26. The molecule has 0 unspecified atom stereocenters. The number of aromatic carboxylic acids is 1. The lowest BCUT2D eigenvalue weighted by Gasteiger charge is -2.11. The lowest BCUT2D eigenvalue weighted by molar-refractivity contribution is 0.0693. The lowest BCUT2D eigenvalue weighted by atomic mass is 10.0. The van der Waals surface area contributed by atoms with E-state index in [9.17, 15) is 14.7 Å².